The second-order valence-corrected chi connectivity index (χ2v) is 5.01. The van der Waals surface area contributed by atoms with Gasteiger partial charge in [0.05, 0.1) is 0 Å². The van der Waals surface area contributed by atoms with Gasteiger partial charge in [0.2, 0.25) is 0 Å². The van der Waals surface area contributed by atoms with Gasteiger partial charge in [-0.1, -0.05) is 12.2 Å². The van der Waals surface area contributed by atoms with Crippen LogP contribution in [0.2, 0.25) is 0 Å². The Bertz CT molecular complexity index is 778. The molecule has 19 heavy (non-hydrogen) atoms. The Morgan fingerprint density at radius 1 is 1.26 bits per heavy atom. The average molecular weight is 260 g/mol. The third kappa shape index (κ3) is 1.75. The van der Waals surface area contributed by atoms with E-state index in [9.17, 15) is 9.59 Å². The van der Waals surface area contributed by atoms with Crippen LogP contribution in [0.3, 0.4) is 0 Å². The van der Waals surface area contributed by atoms with Gasteiger partial charge < -0.3 is 4.98 Å². The van der Waals surface area contributed by atoms with Crippen molar-refractivity contribution in [1.82, 2.24) is 19.1 Å². The van der Waals surface area contributed by atoms with E-state index in [-0.39, 0.29) is 11.2 Å². The summed E-state index contributed by atoms with van der Waals surface area (Å²) >= 11 is 0. The number of aromatic amines is 1. The molecule has 0 saturated carbocycles. The van der Waals surface area contributed by atoms with E-state index in [2.05, 4.69) is 22.1 Å². The molecule has 3 rings (SSSR count). The molecule has 0 saturated heterocycles. The lowest BCUT2D eigenvalue weighted by molar-refractivity contribution is 0.589. The highest BCUT2D eigenvalue weighted by Crippen LogP contribution is 2.27. The second-order valence-electron chi connectivity index (χ2n) is 5.01. The number of rotatable bonds is 1. The summed E-state index contributed by atoms with van der Waals surface area (Å²) in [6.45, 7) is 0. The fraction of sp³-hybridized carbons (Fsp3) is 0.462. The van der Waals surface area contributed by atoms with Gasteiger partial charge in [-0.15, -0.1) is 0 Å². The lowest BCUT2D eigenvalue weighted by atomic mass is 9.94. The Morgan fingerprint density at radius 3 is 2.74 bits per heavy atom. The maximum atomic E-state index is 12.1. The predicted octanol–water partition coefficient (Wildman–Crippen LogP) is 0.784. The van der Waals surface area contributed by atoms with Gasteiger partial charge in [-0.2, -0.15) is 0 Å². The van der Waals surface area contributed by atoms with E-state index in [1.807, 2.05) is 0 Å². The predicted molar refractivity (Wildman–Crippen MR) is 72.3 cm³/mol. The molecule has 100 valence electrons. The number of imidazole rings is 1. The number of nitrogens with zero attached hydrogens (tertiary/aromatic N) is 3. The summed E-state index contributed by atoms with van der Waals surface area (Å²) in [4.78, 5) is 31.5. The minimum Gasteiger partial charge on any atom is -0.336 e. The van der Waals surface area contributed by atoms with E-state index in [4.69, 9.17) is 0 Å². The smallest absolute Gasteiger partial charge is 0.332 e. The number of aromatic nitrogens is 4. The lowest BCUT2D eigenvalue weighted by Crippen LogP contribution is -2.36. The molecular formula is C13H16N4O2. The van der Waals surface area contributed by atoms with E-state index in [1.165, 1.54) is 11.6 Å². The fourth-order valence-electron chi connectivity index (χ4n) is 2.58. The average Bonchev–Trinajstić information content (AvgIpc) is 2.89. The summed E-state index contributed by atoms with van der Waals surface area (Å²) in [5, 5.41) is 0. The van der Waals surface area contributed by atoms with Crippen LogP contribution in [0.1, 0.15) is 31.0 Å². The molecule has 1 N–H and O–H groups in total. The normalized spacial score (nSPS) is 19.2. The van der Waals surface area contributed by atoms with Crippen LogP contribution in [0.4, 0.5) is 0 Å². The molecule has 0 unspecified atom stereocenters. The monoisotopic (exact) mass is 260 g/mol. The molecule has 2 aromatic heterocycles. The van der Waals surface area contributed by atoms with Gasteiger partial charge >= 0.3 is 5.69 Å². The topological polar surface area (TPSA) is 72.7 Å². The molecule has 0 spiro atoms. The van der Waals surface area contributed by atoms with E-state index in [0.717, 1.165) is 29.7 Å². The van der Waals surface area contributed by atoms with Gasteiger partial charge in [-0.3, -0.25) is 13.9 Å². The molecular weight excluding hydrogens is 244 g/mol. The Labute approximate surface area is 109 Å². The molecule has 6 heteroatoms. The van der Waals surface area contributed by atoms with Crippen LogP contribution in [0.25, 0.3) is 11.2 Å². The number of hydrogen-bond donors (Lipinski definition) is 1. The van der Waals surface area contributed by atoms with E-state index < -0.39 is 0 Å². The van der Waals surface area contributed by atoms with E-state index in [0.29, 0.717) is 17.1 Å². The van der Waals surface area contributed by atoms with Crippen molar-refractivity contribution in [2.75, 3.05) is 0 Å². The Morgan fingerprint density at radius 2 is 2.05 bits per heavy atom. The van der Waals surface area contributed by atoms with Crippen LogP contribution >= 0.6 is 0 Å². The van der Waals surface area contributed by atoms with Crippen molar-refractivity contribution >= 4 is 11.2 Å². The first-order valence-electron chi connectivity index (χ1n) is 6.40. The van der Waals surface area contributed by atoms with E-state index in [1.54, 1.807) is 7.05 Å². The van der Waals surface area contributed by atoms with Gasteiger partial charge in [0.1, 0.15) is 11.3 Å². The second kappa shape index (κ2) is 4.22. The standard InChI is InChI=1S/C13H16N4O2/c1-16-11-9(12(18)17(2)13(16)19)14-10(15-11)8-6-4-3-5-7-8/h3-4,8H,5-7H2,1-2H3,(H,14,15)/t8-/m1/s1. The third-order valence-corrected chi connectivity index (χ3v) is 3.77. The number of fused-ring (bicyclic) bond motifs is 1. The quantitative estimate of drug-likeness (QED) is 0.770. The largest absolute Gasteiger partial charge is 0.336 e. The molecule has 0 amide bonds. The zero-order valence-electron chi connectivity index (χ0n) is 11.0. The highest BCUT2D eigenvalue weighted by atomic mass is 16.2. The Hall–Kier alpha value is -2.11. The molecule has 2 aromatic rings. The van der Waals surface area contributed by atoms with Crippen LogP contribution in [-0.4, -0.2) is 19.1 Å². The first kappa shape index (κ1) is 12.0. The van der Waals surface area contributed by atoms with E-state index >= 15 is 0 Å². The first-order chi connectivity index (χ1) is 9.09. The van der Waals surface area contributed by atoms with Crippen LogP contribution in [0.5, 0.6) is 0 Å². The van der Waals surface area contributed by atoms with Crippen molar-refractivity contribution in [3.8, 4) is 0 Å². The zero-order chi connectivity index (χ0) is 13.6. The highest BCUT2D eigenvalue weighted by Gasteiger charge is 2.19. The van der Waals surface area contributed by atoms with Gasteiger partial charge in [0.15, 0.2) is 5.65 Å². The molecule has 0 aromatic carbocycles. The minimum atomic E-state index is -0.348. The molecule has 0 radical (unpaired) electrons. The summed E-state index contributed by atoms with van der Waals surface area (Å²) in [6, 6.07) is 0. The maximum absolute atomic E-state index is 12.1. The maximum Gasteiger partial charge on any atom is 0.332 e. The van der Waals surface area contributed by atoms with Crippen LogP contribution in [-0.2, 0) is 14.1 Å². The third-order valence-electron chi connectivity index (χ3n) is 3.77. The highest BCUT2D eigenvalue weighted by molar-refractivity contribution is 5.69. The summed E-state index contributed by atoms with van der Waals surface area (Å²) in [5.74, 6) is 1.11. The number of hydrogen-bond acceptors (Lipinski definition) is 3. The number of allylic oxidation sites excluding steroid dienone is 2. The molecule has 1 aliphatic rings. The van der Waals surface area contributed by atoms with Gasteiger partial charge in [0.25, 0.3) is 5.56 Å². The summed E-state index contributed by atoms with van der Waals surface area (Å²) in [5.41, 5.74) is 0.189. The number of H-pyrrole nitrogens is 1. The molecule has 1 atom stereocenters. The molecule has 6 nitrogen and oxygen atoms in total. The van der Waals surface area contributed by atoms with Crippen molar-refractivity contribution < 1.29 is 0 Å². The fourth-order valence-corrected chi connectivity index (χ4v) is 2.58. The summed E-state index contributed by atoms with van der Waals surface area (Å²) in [7, 11) is 3.11. The summed E-state index contributed by atoms with van der Waals surface area (Å²) < 4.78 is 2.51. The Balaban J connectivity index is 2.23. The minimum absolute atomic E-state index is 0.303. The van der Waals surface area contributed by atoms with Crippen molar-refractivity contribution in [3.05, 3.63) is 38.8 Å². The van der Waals surface area contributed by atoms with Crippen molar-refractivity contribution in [3.63, 3.8) is 0 Å². The van der Waals surface area contributed by atoms with Crippen molar-refractivity contribution in [2.45, 2.75) is 25.2 Å². The number of nitrogens with one attached hydrogen (secondary N) is 1. The summed E-state index contributed by atoms with van der Waals surface area (Å²) in [6.07, 6.45) is 7.27. The molecule has 0 fully saturated rings. The molecule has 0 aliphatic heterocycles. The molecule has 2 heterocycles. The number of aryl methyl sites for hydroxylation is 1. The van der Waals surface area contributed by atoms with Gasteiger partial charge in [0, 0.05) is 20.0 Å². The first-order valence-corrected chi connectivity index (χ1v) is 6.40. The molecule has 0 bridgehead atoms. The zero-order valence-corrected chi connectivity index (χ0v) is 11.0. The van der Waals surface area contributed by atoms with Crippen molar-refractivity contribution in [2.24, 2.45) is 14.1 Å². The van der Waals surface area contributed by atoms with Crippen LogP contribution in [0.15, 0.2) is 21.7 Å². The SMILES string of the molecule is Cn1c(=O)c2[nH]c([C@@H]3CC=CCC3)nc2n(C)c1=O. The Kier molecular flexibility index (Phi) is 2.66. The lowest BCUT2D eigenvalue weighted by Gasteiger charge is -2.14. The van der Waals surface area contributed by atoms with Gasteiger partial charge in [-0.25, -0.2) is 9.78 Å². The van der Waals surface area contributed by atoms with Gasteiger partial charge in [-0.05, 0) is 19.3 Å². The molecule has 1 aliphatic carbocycles. The van der Waals surface area contributed by atoms with Crippen molar-refractivity contribution in [1.29, 1.82) is 0 Å². The van der Waals surface area contributed by atoms with Crippen LogP contribution in [0, 0.1) is 0 Å². The van der Waals surface area contributed by atoms with Crippen LogP contribution < -0.4 is 11.2 Å².